The van der Waals surface area contributed by atoms with E-state index in [2.05, 4.69) is 5.32 Å². The van der Waals surface area contributed by atoms with Crippen LogP contribution < -0.4 is 10.9 Å². The molecule has 3 aromatic rings. The van der Waals surface area contributed by atoms with E-state index in [9.17, 15) is 9.59 Å². The zero-order valence-corrected chi connectivity index (χ0v) is 14.2. The molecule has 0 radical (unpaired) electrons. The molecule has 0 spiro atoms. The fourth-order valence-electron chi connectivity index (χ4n) is 2.39. The first-order valence-corrected chi connectivity index (χ1v) is 8.08. The molecule has 0 atom stereocenters. The highest BCUT2D eigenvalue weighted by Gasteiger charge is 2.20. The van der Waals surface area contributed by atoms with Crippen molar-refractivity contribution >= 4 is 29.2 Å². The van der Waals surface area contributed by atoms with E-state index in [4.69, 9.17) is 16.3 Å². The molecule has 1 aromatic heterocycles. The highest BCUT2D eigenvalue weighted by molar-refractivity contribution is 6.30. The lowest BCUT2D eigenvalue weighted by atomic mass is 10.3. The van der Waals surface area contributed by atoms with Crippen LogP contribution in [0.2, 0.25) is 5.02 Å². The Balaban J connectivity index is 2.10. The number of benzene rings is 2. The van der Waals surface area contributed by atoms with Crippen molar-refractivity contribution in [3.8, 4) is 5.69 Å². The van der Waals surface area contributed by atoms with Gasteiger partial charge in [-0.15, -0.1) is 0 Å². The Hall–Kier alpha value is -2.99. The third-order valence-electron chi connectivity index (χ3n) is 3.46. The summed E-state index contributed by atoms with van der Waals surface area (Å²) in [6.45, 7) is 1.90. The number of nitrogens with zero attached hydrogens (tertiary/aromatic N) is 2. The van der Waals surface area contributed by atoms with Gasteiger partial charge in [-0.3, -0.25) is 4.79 Å². The molecule has 25 heavy (non-hydrogen) atoms. The summed E-state index contributed by atoms with van der Waals surface area (Å²) in [5, 5.41) is 3.65. The van der Waals surface area contributed by atoms with Gasteiger partial charge < -0.3 is 10.1 Å². The standard InChI is InChI=1S/C18H16ClN3O3/c1-2-25-18(24)22-16(20-14-10-8-13(19)9-11-14)12-17(23)21(22)15-6-4-3-5-7-15/h3-12,20H,2H2,1H3. The van der Waals surface area contributed by atoms with E-state index >= 15 is 0 Å². The second-order valence-electron chi connectivity index (χ2n) is 5.16. The van der Waals surface area contributed by atoms with Crippen LogP contribution in [0.1, 0.15) is 6.92 Å². The topological polar surface area (TPSA) is 65.3 Å². The van der Waals surface area contributed by atoms with Crippen LogP contribution in [0, 0.1) is 0 Å². The van der Waals surface area contributed by atoms with Crippen molar-refractivity contribution < 1.29 is 9.53 Å². The van der Waals surface area contributed by atoms with Gasteiger partial charge in [-0.1, -0.05) is 29.8 Å². The zero-order chi connectivity index (χ0) is 17.8. The third kappa shape index (κ3) is 3.59. The lowest BCUT2D eigenvalue weighted by molar-refractivity contribution is 0.148. The largest absolute Gasteiger partial charge is 0.448 e. The number of halogens is 1. The van der Waals surface area contributed by atoms with Gasteiger partial charge in [0.2, 0.25) is 0 Å². The number of carbonyl (C=O) groups is 1. The quantitative estimate of drug-likeness (QED) is 0.765. The molecule has 7 heteroatoms. The maximum Gasteiger partial charge on any atom is 0.435 e. The molecule has 0 bridgehead atoms. The molecule has 0 fully saturated rings. The van der Waals surface area contributed by atoms with E-state index in [-0.39, 0.29) is 12.2 Å². The van der Waals surface area contributed by atoms with Crippen LogP contribution in [0.3, 0.4) is 0 Å². The van der Waals surface area contributed by atoms with E-state index in [0.717, 1.165) is 0 Å². The van der Waals surface area contributed by atoms with Gasteiger partial charge in [-0.05, 0) is 43.3 Å². The number of para-hydroxylation sites is 1. The predicted molar refractivity (Wildman–Crippen MR) is 97.2 cm³/mol. The van der Waals surface area contributed by atoms with Crippen molar-refractivity contribution in [2.75, 3.05) is 11.9 Å². The summed E-state index contributed by atoms with van der Waals surface area (Å²) >= 11 is 5.89. The minimum atomic E-state index is -0.648. The third-order valence-corrected chi connectivity index (χ3v) is 3.71. The Kier molecular flexibility index (Phi) is 4.90. The fourth-order valence-corrected chi connectivity index (χ4v) is 2.52. The van der Waals surface area contributed by atoms with Gasteiger partial charge in [0.1, 0.15) is 5.82 Å². The number of carbonyl (C=O) groups excluding carboxylic acids is 1. The van der Waals surface area contributed by atoms with Crippen molar-refractivity contribution in [1.29, 1.82) is 0 Å². The first-order valence-electron chi connectivity index (χ1n) is 7.70. The van der Waals surface area contributed by atoms with Gasteiger partial charge in [0.15, 0.2) is 0 Å². The summed E-state index contributed by atoms with van der Waals surface area (Å²) in [6, 6.07) is 17.2. The molecular formula is C18H16ClN3O3. The van der Waals surface area contributed by atoms with Gasteiger partial charge in [0, 0.05) is 16.8 Å². The Morgan fingerprint density at radius 1 is 1.12 bits per heavy atom. The molecule has 2 aromatic carbocycles. The predicted octanol–water partition coefficient (Wildman–Crippen LogP) is 4.04. The number of nitrogens with one attached hydrogen (secondary N) is 1. The van der Waals surface area contributed by atoms with Gasteiger partial charge in [0.05, 0.1) is 12.3 Å². The molecule has 0 aliphatic carbocycles. The van der Waals surface area contributed by atoms with Crippen LogP contribution in [-0.2, 0) is 4.74 Å². The first-order chi connectivity index (χ1) is 12.1. The van der Waals surface area contributed by atoms with Gasteiger partial charge in [0.25, 0.3) is 5.56 Å². The van der Waals surface area contributed by atoms with Crippen molar-refractivity contribution in [2.24, 2.45) is 0 Å². The van der Waals surface area contributed by atoms with E-state index in [0.29, 0.717) is 22.2 Å². The van der Waals surface area contributed by atoms with Gasteiger partial charge in [-0.2, -0.15) is 4.68 Å². The second-order valence-corrected chi connectivity index (χ2v) is 5.59. The average Bonchev–Trinajstić information content (AvgIpc) is 2.94. The van der Waals surface area contributed by atoms with Crippen LogP contribution in [-0.4, -0.2) is 22.1 Å². The molecule has 1 N–H and O–H groups in total. The highest BCUT2D eigenvalue weighted by atomic mass is 35.5. The molecule has 1 heterocycles. The summed E-state index contributed by atoms with van der Waals surface area (Å²) in [5.74, 6) is 0.301. The Morgan fingerprint density at radius 3 is 2.44 bits per heavy atom. The van der Waals surface area contributed by atoms with Gasteiger partial charge >= 0.3 is 6.09 Å². The normalized spacial score (nSPS) is 10.5. The van der Waals surface area contributed by atoms with E-state index in [1.54, 1.807) is 55.5 Å². The Bertz CT molecular complexity index is 930. The van der Waals surface area contributed by atoms with Crippen molar-refractivity contribution in [2.45, 2.75) is 6.92 Å². The number of hydrogen-bond donors (Lipinski definition) is 1. The lowest BCUT2D eigenvalue weighted by Gasteiger charge is -2.14. The maximum atomic E-state index is 12.5. The summed E-state index contributed by atoms with van der Waals surface area (Å²) in [4.78, 5) is 24.9. The van der Waals surface area contributed by atoms with Crippen LogP contribution in [0.4, 0.5) is 16.3 Å². The summed E-state index contributed by atoms with van der Waals surface area (Å²) in [7, 11) is 0. The summed E-state index contributed by atoms with van der Waals surface area (Å²) < 4.78 is 7.54. The number of ether oxygens (including phenoxy) is 1. The van der Waals surface area contributed by atoms with E-state index in [1.165, 1.54) is 15.4 Å². The van der Waals surface area contributed by atoms with Crippen LogP contribution >= 0.6 is 11.6 Å². The number of anilines is 2. The van der Waals surface area contributed by atoms with Gasteiger partial charge in [-0.25, -0.2) is 9.48 Å². The molecule has 0 aliphatic rings. The molecule has 128 valence electrons. The van der Waals surface area contributed by atoms with E-state index < -0.39 is 6.09 Å². The Morgan fingerprint density at radius 2 is 1.80 bits per heavy atom. The van der Waals surface area contributed by atoms with E-state index in [1.807, 2.05) is 6.07 Å². The fraction of sp³-hybridized carbons (Fsp3) is 0.111. The van der Waals surface area contributed by atoms with Crippen molar-refractivity contribution in [1.82, 2.24) is 9.36 Å². The zero-order valence-electron chi connectivity index (χ0n) is 13.5. The SMILES string of the molecule is CCOC(=O)n1c(Nc2ccc(Cl)cc2)cc(=O)n1-c1ccccc1. The highest BCUT2D eigenvalue weighted by Crippen LogP contribution is 2.20. The lowest BCUT2D eigenvalue weighted by Crippen LogP contribution is -2.27. The average molecular weight is 358 g/mol. The van der Waals surface area contributed by atoms with Crippen molar-refractivity contribution in [3.63, 3.8) is 0 Å². The molecular weight excluding hydrogens is 342 g/mol. The van der Waals surface area contributed by atoms with Crippen LogP contribution in [0.5, 0.6) is 0 Å². The smallest absolute Gasteiger partial charge is 0.435 e. The number of rotatable bonds is 4. The monoisotopic (exact) mass is 357 g/mol. The first kappa shape index (κ1) is 16.9. The number of hydrogen-bond acceptors (Lipinski definition) is 4. The number of aromatic nitrogens is 2. The minimum absolute atomic E-state index is 0.195. The molecule has 0 saturated carbocycles. The summed E-state index contributed by atoms with van der Waals surface area (Å²) in [5.41, 5.74) is 0.896. The molecule has 6 nitrogen and oxygen atoms in total. The molecule has 3 rings (SSSR count). The van der Waals surface area contributed by atoms with Crippen LogP contribution in [0.15, 0.2) is 65.5 Å². The second kappa shape index (κ2) is 7.27. The molecule has 0 unspecified atom stereocenters. The summed E-state index contributed by atoms with van der Waals surface area (Å²) in [6.07, 6.45) is -0.648. The van der Waals surface area contributed by atoms with Crippen molar-refractivity contribution in [3.05, 3.63) is 76.0 Å². The molecule has 0 amide bonds. The molecule has 0 aliphatic heterocycles. The minimum Gasteiger partial charge on any atom is -0.448 e. The Labute approximate surface area is 149 Å². The van der Waals surface area contributed by atoms with Crippen LogP contribution in [0.25, 0.3) is 5.69 Å². The maximum absolute atomic E-state index is 12.5. The molecule has 0 saturated heterocycles.